The van der Waals surface area contributed by atoms with Crippen molar-refractivity contribution in [2.75, 3.05) is 19.6 Å². The quantitative estimate of drug-likeness (QED) is 0.755. The van der Waals surface area contributed by atoms with Gasteiger partial charge in [0.2, 0.25) is 0 Å². The van der Waals surface area contributed by atoms with E-state index < -0.39 is 41.4 Å². The van der Waals surface area contributed by atoms with Crippen molar-refractivity contribution >= 4 is 11.9 Å². The number of halogens is 2. The fraction of sp³-hybridized carbons (Fsp3) is 0.474. The Kier molecular flexibility index (Phi) is 5.27. The van der Waals surface area contributed by atoms with Crippen LogP contribution in [0.4, 0.5) is 8.78 Å². The number of hydrogen-bond acceptors (Lipinski definition) is 6. The number of aliphatic carboxylic acids is 1. The zero-order valence-electron chi connectivity index (χ0n) is 15.5. The molecule has 1 saturated carbocycles. The molecule has 0 unspecified atom stereocenters. The van der Waals surface area contributed by atoms with Gasteiger partial charge in [0.05, 0.1) is 11.5 Å². The van der Waals surface area contributed by atoms with Crippen LogP contribution in [0, 0.1) is 23.5 Å². The molecule has 2 atom stereocenters. The molecule has 0 spiro atoms. The second kappa shape index (κ2) is 7.86. The first-order valence-electron chi connectivity index (χ1n) is 9.45. The smallest absolute Gasteiger partial charge is 0.309 e. The summed E-state index contributed by atoms with van der Waals surface area (Å²) >= 11 is 0. The Morgan fingerprint density at radius 1 is 1.24 bits per heavy atom. The van der Waals surface area contributed by atoms with E-state index >= 15 is 0 Å². The summed E-state index contributed by atoms with van der Waals surface area (Å²) in [6.45, 7) is 1.95. The van der Waals surface area contributed by atoms with Crippen molar-refractivity contribution < 1.29 is 27.9 Å². The number of carbonyl (C=O) groups excluding carboxylic acids is 1. The summed E-state index contributed by atoms with van der Waals surface area (Å²) in [4.78, 5) is 26.3. The number of nitrogens with one attached hydrogen (secondary N) is 1. The van der Waals surface area contributed by atoms with Crippen molar-refractivity contribution in [3.8, 4) is 11.5 Å². The molecule has 0 bridgehead atoms. The lowest BCUT2D eigenvalue weighted by Crippen LogP contribution is -2.54. The fourth-order valence-electron chi connectivity index (χ4n) is 3.59. The van der Waals surface area contributed by atoms with Gasteiger partial charge in [0, 0.05) is 31.7 Å². The number of benzene rings is 1. The van der Waals surface area contributed by atoms with Crippen LogP contribution < -0.4 is 5.32 Å². The van der Waals surface area contributed by atoms with Crippen LogP contribution in [0.2, 0.25) is 0 Å². The van der Waals surface area contributed by atoms with E-state index in [1.54, 1.807) is 0 Å². The third-order valence-electron chi connectivity index (χ3n) is 5.32. The first-order chi connectivity index (χ1) is 13.9. The molecular weight excluding hydrogens is 386 g/mol. The second-order valence-electron chi connectivity index (χ2n) is 7.55. The topological polar surface area (TPSA) is 109 Å². The molecule has 10 heteroatoms. The van der Waals surface area contributed by atoms with Crippen LogP contribution in [-0.2, 0) is 4.79 Å². The van der Waals surface area contributed by atoms with Gasteiger partial charge in [-0.15, -0.1) is 10.2 Å². The van der Waals surface area contributed by atoms with Gasteiger partial charge in [-0.1, -0.05) is 0 Å². The Balaban J connectivity index is 1.43. The van der Waals surface area contributed by atoms with Crippen LogP contribution >= 0.6 is 0 Å². The maximum Gasteiger partial charge on any atom is 0.309 e. The maximum absolute atomic E-state index is 13.9. The third kappa shape index (κ3) is 4.42. The lowest BCUT2D eigenvalue weighted by atomic mass is 9.92. The standard InChI is InChI=1S/C19H20F2N4O4/c20-11-3-4-12(14(21)7-11)17-23-24-18(29-17)16(26)22-15-5-6-25(8-10-1-2-10)9-13(15)19(27)28/h3-4,7,10,13,15H,1-2,5-6,8-9H2,(H,22,26)(H,27,28)/t13-,15-/m0/s1. The molecule has 1 aromatic carbocycles. The van der Waals surface area contributed by atoms with Crippen LogP contribution in [0.15, 0.2) is 22.6 Å². The van der Waals surface area contributed by atoms with Gasteiger partial charge in [-0.2, -0.15) is 0 Å². The summed E-state index contributed by atoms with van der Waals surface area (Å²) in [6.07, 6.45) is 2.86. The number of nitrogens with zero attached hydrogens (tertiary/aromatic N) is 3. The number of likely N-dealkylation sites (tertiary alicyclic amines) is 1. The number of amides is 1. The Morgan fingerprint density at radius 2 is 2.03 bits per heavy atom. The molecule has 2 aliphatic rings. The molecule has 8 nitrogen and oxygen atoms in total. The van der Waals surface area contributed by atoms with Gasteiger partial charge in [0.1, 0.15) is 11.6 Å². The van der Waals surface area contributed by atoms with Crippen molar-refractivity contribution in [2.45, 2.75) is 25.3 Å². The number of carbonyl (C=O) groups is 2. The highest BCUT2D eigenvalue weighted by atomic mass is 19.1. The second-order valence-corrected chi connectivity index (χ2v) is 7.55. The molecule has 2 fully saturated rings. The van der Waals surface area contributed by atoms with E-state index in [1.165, 1.54) is 12.8 Å². The van der Waals surface area contributed by atoms with Gasteiger partial charge < -0.3 is 19.7 Å². The maximum atomic E-state index is 13.9. The molecule has 2 heterocycles. The normalized spacial score (nSPS) is 22.4. The molecular formula is C19H20F2N4O4. The van der Waals surface area contributed by atoms with E-state index in [1.807, 2.05) is 0 Å². The SMILES string of the molecule is O=C(N[C@H]1CCN(CC2CC2)C[C@@H]1C(=O)O)c1nnc(-c2ccc(F)cc2F)o1. The van der Waals surface area contributed by atoms with Crippen LogP contribution in [0.5, 0.6) is 0 Å². The van der Waals surface area contributed by atoms with Crippen LogP contribution in [0.1, 0.15) is 29.9 Å². The zero-order chi connectivity index (χ0) is 20.5. The Labute approximate surface area is 164 Å². The number of rotatable bonds is 6. The Hall–Kier alpha value is -2.88. The van der Waals surface area contributed by atoms with E-state index in [2.05, 4.69) is 20.4 Å². The lowest BCUT2D eigenvalue weighted by molar-refractivity contribution is -0.144. The van der Waals surface area contributed by atoms with Gasteiger partial charge in [-0.25, -0.2) is 8.78 Å². The molecule has 1 saturated heterocycles. The largest absolute Gasteiger partial charge is 0.481 e. The average molecular weight is 406 g/mol. The number of piperidine rings is 1. The Morgan fingerprint density at radius 3 is 2.72 bits per heavy atom. The van der Waals surface area contributed by atoms with E-state index in [4.69, 9.17) is 4.42 Å². The summed E-state index contributed by atoms with van der Waals surface area (Å²) in [5.41, 5.74) is -0.130. The molecule has 4 rings (SSSR count). The monoisotopic (exact) mass is 406 g/mol. The number of aromatic nitrogens is 2. The van der Waals surface area contributed by atoms with Gasteiger partial charge in [0.15, 0.2) is 0 Å². The molecule has 2 aromatic rings. The minimum Gasteiger partial charge on any atom is -0.481 e. The van der Waals surface area contributed by atoms with Crippen molar-refractivity contribution in [3.05, 3.63) is 35.7 Å². The number of hydrogen-bond donors (Lipinski definition) is 2. The first-order valence-corrected chi connectivity index (χ1v) is 9.45. The van der Waals surface area contributed by atoms with Gasteiger partial charge in [0.25, 0.3) is 5.89 Å². The third-order valence-corrected chi connectivity index (χ3v) is 5.32. The summed E-state index contributed by atoms with van der Waals surface area (Å²) in [7, 11) is 0. The molecule has 1 aromatic heterocycles. The minimum absolute atomic E-state index is 0.130. The fourth-order valence-corrected chi connectivity index (χ4v) is 3.59. The number of carboxylic acids is 1. The Bertz CT molecular complexity index is 931. The molecule has 1 amide bonds. The summed E-state index contributed by atoms with van der Waals surface area (Å²) in [6, 6.07) is 2.27. The summed E-state index contributed by atoms with van der Waals surface area (Å²) in [5, 5.41) is 19.5. The van der Waals surface area contributed by atoms with Crippen molar-refractivity contribution in [3.63, 3.8) is 0 Å². The summed E-state index contributed by atoms with van der Waals surface area (Å²) in [5.74, 6) is -4.11. The molecule has 29 heavy (non-hydrogen) atoms. The van der Waals surface area contributed by atoms with Crippen molar-refractivity contribution in [2.24, 2.45) is 11.8 Å². The van der Waals surface area contributed by atoms with E-state index in [0.717, 1.165) is 18.7 Å². The van der Waals surface area contributed by atoms with Crippen LogP contribution in [0.3, 0.4) is 0 Å². The average Bonchev–Trinajstić information content (AvgIpc) is 3.35. The highest BCUT2D eigenvalue weighted by Crippen LogP contribution is 2.31. The van der Waals surface area contributed by atoms with E-state index in [9.17, 15) is 23.5 Å². The van der Waals surface area contributed by atoms with Crippen LogP contribution in [-0.4, -0.2) is 57.8 Å². The molecule has 154 valence electrons. The molecule has 1 aliphatic heterocycles. The van der Waals surface area contributed by atoms with Gasteiger partial charge >= 0.3 is 17.8 Å². The van der Waals surface area contributed by atoms with Crippen LogP contribution in [0.25, 0.3) is 11.5 Å². The molecule has 0 radical (unpaired) electrons. The predicted molar refractivity (Wildman–Crippen MR) is 95.8 cm³/mol. The molecule has 2 N–H and O–H groups in total. The lowest BCUT2D eigenvalue weighted by Gasteiger charge is -2.36. The van der Waals surface area contributed by atoms with Gasteiger partial charge in [-0.05, 0) is 37.3 Å². The summed E-state index contributed by atoms with van der Waals surface area (Å²) < 4.78 is 32.1. The number of carboxylic acid groups (broad SMARTS) is 1. The van der Waals surface area contributed by atoms with E-state index in [0.29, 0.717) is 31.5 Å². The predicted octanol–water partition coefficient (Wildman–Crippen LogP) is 1.93. The highest BCUT2D eigenvalue weighted by molar-refractivity contribution is 5.90. The van der Waals surface area contributed by atoms with Crippen molar-refractivity contribution in [1.29, 1.82) is 0 Å². The molecule has 1 aliphatic carbocycles. The first kappa shape index (κ1) is 19.4. The van der Waals surface area contributed by atoms with Gasteiger partial charge in [-0.3, -0.25) is 9.59 Å². The minimum atomic E-state index is -0.976. The van der Waals surface area contributed by atoms with Crippen molar-refractivity contribution in [1.82, 2.24) is 20.4 Å². The zero-order valence-corrected chi connectivity index (χ0v) is 15.5. The highest BCUT2D eigenvalue weighted by Gasteiger charge is 2.37. The van der Waals surface area contributed by atoms with E-state index in [-0.39, 0.29) is 11.5 Å².